The summed E-state index contributed by atoms with van der Waals surface area (Å²) in [5.41, 5.74) is 0. The first-order valence-corrected chi connectivity index (χ1v) is 8.33. The Bertz CT molecular complexity index is 251. The van der Waals surface area contributed by atoms with Gasteiger partial charge in [-0.3, -0.25) is 0 Å². The fourth-order valence-corrected chi connectivity index (χ4v) is 3.89. The van der Waals surface area contributed by atoms with Crippen molar-refractivity contribution in [2.75, 3.05) is 26.2 Å². The van der Waals surface area contributed by atoms with Crippen molar-refractivity contribution in [3.8, 4) is 0 Å². The van der Waals surface area contributed by atoms with Crippen LogP contribution in [0.25, 0.3) is 0 Å². The zero-order chi connectivity index (χ0) is 13.7. The van der Waals surface area contributed by atoms with Gasteiger partial charge in [-0.2, -0.15) is 0 Å². The third-order valence-electron chi connectivity index (χ3n) is 5.41. The lowest BCUT2D eigenvalue weighted by Gasteiger charge is -2.39. The molecule has 1 heterocycles. The number of nitrogens with one attached hydrogen (secondary N) is 1. The standard InChI is InChI=1S/C16H32N2O/c1-3-18-10-8-14(9-11-18)13(2)17-16-7-5-4-6-15(16)12-19/h13-17,19H,3-12H2,1-2H3. The Balaban J connectivity index is 1.78. The molecule has 0 bridgehead atoms. The van der Waals surface area contributed by atoms with Gasteiger partial charge < -0.3 is 15.3 Å². The first-order chi connectivity index (χ1) is 9.24. The molecule has 1 saturated heterocycles. The van der Waals surface area contributed by atoms with Gasteiger partial charge >= 0.3 is 0 Å². The van der Waals surface area contributed by atoms with E-state index in [0.29, 0.717) is 24.6 Å². The largest absolute Gasteiger partial charge is 0.396 e. The molecule has 0 aromatic rings. The van der Waals surface area contributed by atoms with Gasteiger partial charge in [-0.05, 0) is 64.1 Å². The van der Waals surface area contributed by atoms with Crippen LogP contribution in [-0.4, -0.2) is 48.3 Å². The Morgan fingerprint density at radius 2 is 1.84 bits per heavy atom. The van der Waals surface area contributed by atoms with Crippen molar-refractivity contribution in [2.24, 2.45) is 11.8 Å². The highest BCUT2D eigenvalue weighted by Gasteiger charge is 2.29. The van der Waals surface area contributed by atoms with Crippen LogP contribution in [0.4, 0.5) is 0 Å². The van der Waals surface area contributed by atoms with Crippen molar-refractivity contribution in [3.63, 3.8) is 0 Å². The van der Waals surface area contributed by atoms with Crippen LogP contribution in [0.1, 0.15) is 52.4 Å². The van der Waals surface area contributed by atoms with Crippen molar-refractivity contribution in [1.29, 1.82) is 0 Å². The lowest BCUT2D eigenvalue weighted by atomic mass is 9.83. The molecular weight excluding hydrogens is 236 g/mol. The molecule has 3 unspecified atom stereocenters. The summed E-state index contributed by atoms with van der Waals surface area (Å²) in [6.07, 6.45) is 7.75. The van der Waals surface area contributed by atoms with E-state index in [-0.39, 0.29) is 0 Å². The van der Waals surface area contributed by atoms with Gasteiger partial charge in [0, 0.05) is 18.7 Å². The third-order valence-corrected chi connectivity index (χ3v) is 5.41. The van der Waals surface area contributed by atoms with Gasteiger partial charge in [-0.25, -0.2) is 0 Å². The molecule has 1 aliphatic carbocycles. The number of rotatable bonds is 5. The summed E-state index contributed by atoms with van der Waals surface area (Å²) in [7, 11) is 0. The Hall–Kier alpha value is -0.120. The number of nitrogens with zero attached hydrogens (tertiary/aromatic N) is 1. The second-order valence-corrected chi connectivity index (χ2v) is 6.56. The number of hydrogen-bond donors (Lipinski definition) is 2. The second kappa shape index (κ2) is 7.61. The van der Waals surface area contributed by atoms with E-state index in [1.807, 2.05) is 0 Å². The van der Waals surface area contributed by atoms with Crippen LogP contribution < -0.4 is 5.32 Å². The molecule has 0 amide bonds. The van der Waals surface area contributed by atoms with Crippen LogP contribution in [0.3, 0.4) is 0 Å². The van der Waals surface area contributed by atoms with Crippen LogP contribution in [0, 0.1) is 11.8 Å². The molecule has 19 heavy (non-hydrogen) atoms. The van der Waals surface area contributed by atoms with E-state index in [2.05, 4.69) is 24.1 Å². The Labute approximate surface area is 118 Å². The minimum absolute atomic E-state index is 0.360. The maximum absolute atomic E-state index is 9.50. The number of hydrogen-bond acceptors (Lipinski definition) is 3. The van der Waals surface area contributed by atoms with Gasteiger partial charge in [-0.1, -0.05) is 19.8 Å². The molecule has 1 aliphatic heterocycles. The minimum atomic E-state index is 0.360. The van der Waals surface area contributed by atoms with Crippen molar-refractivity contribution in [2.45, 2.75) is 64.5 Å². The molecule has 2 rings (SSSR count). The number of likely N-dealkylation sites (tertiary alicyclic amines) is 1. The van der Waals surface area contributed by atoms with Crippen molar-refractivity contribution < 1.29 is 5.11 Å². The van der Waals surface area contributed by atoms with Crippen molar-refractivity contribution >= 4 is 0 Å². The first-order valence-electron chi connectivity index (χ1n) is 8.33. The van der Waals surface area contributed by atoms with Crippen LogP contribution in [0.2, 0.25) is 0 Å². The van der Waals surface area contributed by atoms with E-state index in [1.54, 1.807) is 0 Å². The Morgan fingerprint density at radius 3 is 2.47 bits per heavy atom. The van der Waals surface area contributed by atoms with Gasteiger partial charge in [0.1, 0.15) is 0 Å². The second-order valence-electron chi connectivity index (χ2n) is 6.56. The molecule has 0 aromatic heterocycles. The number of aliphatic hydroxyl groups excluding tert-OH is 1. The van der Waals surface area contributed by atoms with E-state index in [9.17, 15) is 5.11 Å². The molecule has 3 nitrogen and oxygen atoms in total. The highest BCUT2D eigenvalue weighted by atomic mass is 16.3. The van der Waals surface area contributed by atoms with Gasteiger partial charge in [0.05, 0.1) is 0 Å². The molecule has 2 fully saturated rings. The lowest BCUT2D eigenvalue weighted by molar-refractivity contribution is 0.122. The summed E-state index contributed by atoms with van der Waals surface area (Å²) in [6, 6.07) is 1.16. The molecule has 2 N–H and O–H groups in total. The number of aliphatic hydroxyl groups is 1. The van der Waals surface area contributed by atoms with Crippen LogP contribution in [0.5, 0.6) is 0 Å². The molecule has 3 atom stereocenters. The highest BCUT2D eigenvalue weighted by Crippen LogP contribution is 2.27. The van der Waals surface area contributed by atoms with Crippen LogP contribution >= 0.6 is 0 Å². The van der Waals surface area contributed by atoms with Crippen LogP contribution in [0.15, 0.2) is 0 Å². The van der Waals surface area contributed by atoms with Gasteiger partial charge in [0.25, 0.3) is 0 Å². The average Bonchev–Trinajstić information content (AvgIpc) is 2.48. The summed E-state index contributed by atoms with van der Waals surface area (Å²) in [5, 5.41) is 13.3. The lowest BCUT2D eigenvalue weighted by Crippen LogP contribution is -2.49. The zero-order valence-corrected chi connectivity index (χ0v) is 12.8. The van der Waals surface area contributed by atoms with E-state index in [4.69, 9.17) is 0 Å². The summed E-state index contributed by atoms with van der Waals surface area (Å²) >= 11 is 0. The predicted molar refractivity (Wildman–Crippen MR) is 80.3 cm³/mol. The molecular formula is C16H32N2O. The van der Waals surface area contributed by atoms with E-state index < -0.39 is 0 Å². The van der Waals surface area contributed by atoms with E-state index in [1.165, 1.54) is 58.2 Å². The Kier molecular flexibility index (Phi) is 6.11. The summed E-state index contributed by atoms with van der Waals surface area (Å²) in [6.45, 7) is 8.70. The number of piperidine rings is 1. The van der Waals surface area contributed by atoms with E-state index >= 15 is 0 Å². The molecule has 1 saturated carbocycles. The van der Waals surface area contributed by atoms with E-state index in [0.717, 1.165) is 5.92 Å². The van der Waals surface area contributed by atoms with Gasteiger partial charge in [-0.15, -0.1) is 0 Å². The summed E-state index contributed by atoms with van der Waals surface area (Å²) < 4.78 is 0. The van der Waals surface area contributed by atoms with Crippen molar-refractivity contribution in [1.82, 2.24) is 10.2 Å². The average molecular weight is 268 g/mol. The molecule has 112 valence electrons. The predicted octanol–water partition coefficient (Wildman–Crippen LogP) is 2.25. The molecule has 0 spiro atoms. The summed E-state index contributed by atoms with van der Waals surface area (Å²) in [4.78, 5) is 2.56. The zero-order valence-electron chi connectivity index (χ0n) is 12.8. The molecule has 2 aliphatic rings. The third kappa shape index (κ3) is 4.17. The SMILES string of the molecule is CCN1CCC(C(C)NC2CCCCC2CO)CC1. The smallest absolute Gasteiger partial charge is 0.0474 e. The minimum Gasteiger partial charge on any atom is -0.396 e. The highest BCUT2D eigenvalue weighted by molar-refractivity contribution is 4.86. The summed E-state index contributed by atoms with van der Waals surface area (Å²) in [5.74, 6) is 1.32. The maximum Gasteiger partial charge on any atom is 0.0474 e. The fourth-order valence-electron chi connectivity index (χ4n) is 3.89. The quantitative estimate of drug-likeness (QED) is 0.803. The van der Waals surface area contributed by atoms with Gasteiger partial charge in [0.15, 0.2) is 0 Å². The molecule has 3 heteroatoms. The van der Waals surface area contributed by atoms with Crippen molar-refractivity contribution in [3.05, 3.63) is 0 Å². The van der Waals surface area contributed by atoms with Crippen LogP contribution in [-0.2, 0) is 0 Å². The topological polar surface area (TPSA) is 35.5 Å². The molecule has 0 radical (unpaired) electrons. The molecule has 0 aromatic carbocycles. The Morgan fingerprint density at radius 1 is 1.16 bits per heavy atom. The fraction of sp³-hybridized carbons (Fsp3) is 1.00. The normalized spacial score (nSPS) is 32.4. The maximum atomic E-state index is 9.50. The van der Waals surface area contributed by atoms with Gasteiger partial charge in [0.2, 0.25) is 0 Å². The monoisotopic (exact) mass is 268 g/mol. The first kappa shape index (κ1) is 15.3.